The van der Waals surface area contributed by atoms with Crippen molar-refractivity contribution < 1.29 is 27.2 Å². The van der Waals surface area contributed by atoms with Crippen LogP contribution in [0.5, 0.6) is 0 Å². The average Bonchev–Trinajstić information content (AvgIpc) is 3.16. The lowest BCUT2D eigenvalue weighted by atomic mass is 9.91. The Balaban J connectivity index is 1.50. The standard InChI is InChI=1S/C27H26F4N4O2/c28-17-5-3-6-19(15-17)35(23(36)16-33-25-21(29)8-4-14-32-25)24-20-7-1-2-9-22(20)34(26(24)37)18-10-12-27(30,31)13-11-18/h1-3,5-7,9,14-15,18,24,33H,4,8,10-13,16H2. The zero-order chi connectivity index (χ0) is 26.2. The van der Waals surface area contributed by atoms with Crippen molar-refractivity contribution in [1.82, 2.24) is 5.32 Å². The fourth-order valence-corrected chi connectivity index (χ4v) is 5.22. The molecule has 10 heteroatoms. The van der Waals surface area contributed by atoms with Crippen molar-refractivity contribution >= 4 is 29.4 Å². The number of hydrogen-bond donors (Lipinski definition) is 1. The van der Waals surface area contributed by atoms with Crippen LogP contribution in [0.2, 0.25) is 0 Å². The molecule has 1 fully saturated rings. The number of aliphatic imine (C=N–C) groups is 1. The number of fused-ring (bicyclic) bond motifs is 1. The number of allylic oxidation sites excluding steroid dienone is 1. The van der Waals surface area contributed by atoms with Crippen molar-refractivity contribution in [2.75, 3.05) is 16.3 Å². The van der Waals surface area contributed by atoms with E-state index in [0.717, 1.165) is 6.07 Å². The summed E-state index contributed by atoms with van der Waals surface area (Å²) in [4.78, 5) is 34.2. The second-order valence-corrected chi connectivity index (χ2v) is 9.46. The Labute approximate surface area is 211 Å². The molecule has 1 aliphatic carbocycles. The SMILES string of the molecule is O=C1C(N(C(=O)CNC2=C(F)CCC=N2)c2cccc(F)c2)c2ccccc2N1C1CCC(F)(F)CC1. The molecule has 2 aromatic carbocycles. The van der Waals surface area contributed by atoms with Crippen LogP contribution < -0.4 is 15.1 Å². The number of halogens is 4. The van der Waals surface area contributed by atoms with Crippen LogP contribution in [0.15, 0.2) is 65.2 Å². The first-order valence-electron chi connectivity index (χ1n) is 12.3. The fourth-order valence-electron chi connectivity index (χ4n) is 5.22. The molecule has 37 heavy (non-hydrogen) atoms. The lowest BCUT2D eigenvalue weighted by molar-refractivity contribution is -0.124. The monoisotopic (exact) mass is 514 g/mol. The van der Waals surface area contributed by atoms with Crippen molar-refractivity contribution in [2.45, 2.75) is 56.5 Å². The van der Waals surface area contributed by atoms with Gasteiger partial charge in [0.2, 0.25) is 11.8 Å². The molecule has 2 aliphatic heterocycles. The number of alkyl halides is 2. The van der Waals surface area contributed by atoms with Crippen LogP contribution in [0.25, 0.3) is 0 Å². The summed E-state index contributed by atoms with van der Waals surface area (Å²) in [5.74, 6) is -4.94. The summed E-state index contributed by atoms with van der Waals surface area (Å²) in [6, 6.07) is 10.6. The molecule has 194 valence electrons. The molecule has 1 N–H and O–H groups in total. The first-order chi connectivity index (χ1) is 17.7. The van der Waals surface area contributed by atoms with Gasteiger partial charge in [0, 0.05) is 48.5 Å². The molecule has 6 nitrogen and oxygen atoms in total. The minimum Gasteiger partial charge on any atom is -0.359 e. The van der Waals surface area contributed by atoms with Crippen LogP contribution >= 0.6 is 0 Å². The van der Waals surface area contributed by atoms with Gasteiger partial charge >= 0.3 is 0 Å². The summed E-state index contributed by atoms with van der Waals surface area (Å²) in [5, 5.41) is 2.70. The van der Waals surface area contributed by atoms with Crippen LogP contribution in [0.4, 0.5) is 28.9 Å². The van der Waals surface area contributed by atoms with Crippen LogP contribution in [0.3, 0.4) is 0 Å². The van der Waals surface area contributed by atoms with E-state index in [4.69, 9.17) is 0 Å². The summed E-state index contributed by atoms with van der Waals surface area (Å²) in [5.41, 5.74) is 1.21. The van der Waals surface area contributed by atoms with Gasteiger partial charge in [-0.15, -0.1) is 0 Å². The third-order valence-corrected chi connectivity index (χ3v) is 7.00. The maximum atomic E-state index is 14.2. The number of para-hydroxylation sites is 1. The Bertz CT molecular complexity index is 1270. The van der Waals surface area contributed by atoms with E-state index < -0.39 is 48.0 Å². The Morgan fingerprint density at radius 3 is 2.59 bits per heavy atom. The maximum absolute atomic E-state index is 14.2. The van der Waals surface area contributed by atoms with Gasteiger partial charge < -0.3 is 10.2 Å². The highest BCUT2D eigenvalue weighted by Crippen LogP contribution is 2.45. The quantitative estimate of drug-likeness (QED) is 0.524. The lowest BCUT2D eigenvalue weighted by Crippen LogP contribution is -2.48. The Morgan fingerprint density at radius 2 is 1.86 bits per heavy atom. The van der Waals surface area contributed by atoms with Gasteiger partial charge in [-0.25, -0.2) is 22.6 Å². The van der Waals surface area contributed by atoms with E-state index in [2.05, 4.69) is 10.3 Å². The number of carbonyl (C=O) groups is 2. The largest absolute Gasteiger partial charge is 0.359 e. The number of hydrogen-bond acceptors (Lipinski definition) is 4. The van der Waals surface area contributed by atoms with Crippen LogP contribution in [0.1, 0.15) is 50.1 Å². The van der Waals surface area contributed by atoms with E-state index in [1.807, 2.05) is 0 Å². The van der Waals surface area contributed by atoms with E-state index in [1.54, 1.807) is 30.5 Å². The van der Waals surface area contributed by atoms with Crippen molar-refractivity contribution in [2.24, 2.45) is 4.99 Å². The van der Waals surface area contributed by atoms with Gasteiger partial charge in [0.25, 0.3) is 5.91 Å². The maximum Gasteiger partial charge on any atom is 0.255 e. The predicted octanol–water partition coefficient (Wildman–Crippen LogP) is 5.42. The molecule has 2 heterocycles. The van der Waals surface area contributed by atoms with Crippen molar-refractivity contribution in [1.29, 1.82) is 0 Å². The summed E-state index contributed by atoms with van der Waals surface area (Å²) in [6.07, 6.45) is 1.76. The van der Waals surface area contributed by atoms with E-state index in [0.29, 0.717) is 17.7 Å². The molecule has 2 amide bonds. The van der Waals surface area contributed by atoms with Crippen molar-refractivity contribution in [3.63, 3.8) is 0 Å². The first-order valence-corrected chi connectivity index (χ1v) is 12.3. The third kappa shape index (κ3) is 4.97. The van der Waals surface area contributed by atoms with E-state index >= 15 is 0 Å². The molecule has 1 saturated carbocycles. The van der Waals surface area contributed by atoms with Crippen LogP contribution in [-0.2, 0) is 9.59 Å². The van der Waals surface area contributed by atoms with Crippen molar-refractivity contribution in [3.8, 4) is 0 Å². The Hall–Kier alpha value is -3.69. The summed E-state index contributed by atoms with van der Waals surface area (Å²) in [6.45, 7) is -0.391. The number of benzene rings is 2. The number of nitrogens with one attached hydrogen (secondary N) is 1. The molecular weight excluding hydrogens is 488 g/mol. The zero-order valence-electron chi connectivity index (χ0n) is 20.0. The molecule has 5 rings (SSSR count). The van der Waals surface area contributed by atoms with Crippen molar-refractivity contribution in [3.05, 3.63) is 71.6 Å². The number of carbonyl (C=O) groups excluding carboxylic acids is 2. The first kappa shape index (κ1) is 25.0. The minimum atomic E-state index is -2.76. The van der Waals surface area contributed by atoms with Crippen LogP contribution in [0, 0.1) is 5.82 Å². The van der Waals surface area contributed by atoms with Gasteiger partial charge in [-0.3, -0.25) is 14.5 Å². The second-order valence-electron chi connectivity index (χ2n) is 9.46. The number of anilines is 2. The normalized spacial score (nSPS) is 21.2. The highest BCUT2D eigenvalue weighted by Gasteiger charge is 2.48. The molecule has 0 spiro atoms. The molecule has 0 aromatic heterocycles. The number of rotatable bonds is 6. The summed E-state index contributed by atoms with van der Waals surface area (Å²) < 4.78 is 56.1. The number of nitrogens with zero attached hydrogens (tertiary/aromatic N) is 3. The van der Waals surface area contributed by atoms with Gasteiger partial charge in [0.05, 0.1) is 6.54 Å². The predicted molar refractivity (Wildman–Crippen MR) is 132 cm³/mol. The molecule has 1 unspecified atom stereocenters. The average molecular weight is 515 g/mol. The van der Waals surface area contributed by atoms with Gasteiger partial charge in [-0.05, 0) is 43.5 Å². The van der Waals surface area contributed by atoms with Gasteiger partial charge in [0.15, 0.2) is 5.82 Å². The summed E-state index contributed by atoms with van der Waals surface area (Å²) >= 11 is 0. The topological polar surface area (TPSA) is 65.0 Å². The molecule has 0 radical (unpaired) electrons. The van der Waals surface area contributed by atoms with E-state index in [9.17, 15) is 27.2 Å². The van der Waals surface area contributed by atoms with E-state index in [-0.39, 0.29) is 43.6 Å². The molecule has 2 aromatic rings. The highest BCUT2D eigenvalue weighted by molar-refractivity contribution is 6.12. The minimum absolute atomic E-state index is 0.0540. The van der Waals surface area contributed by atoms with Gasteiger partial charge in [0.1, 0.15) is 17.7 Å². The third-order valence-electron chi connectivity index (χ3n) is 7.00. The van der Waals surface area contributed by atoms with Gasteiger partial charge in [-0.2, -0.15) is 0 Å². The molecule has 0 saturated heterocycles. The fraction of sp³-hybridized carbons (Fsp3) is 0.370. The number of amides is 2. The highest BCUT2D eigenvalue weighted by atomic mass is 19.3. The van der Waals surface area contributed by atoms with Crippen LogP contribution in [-0.4, -0.2) is 36.5 Å². The van der Waals surface area contributed by atoms with E-state index in [1.165, 1.54) is 28.0 Å². The van der Waals surface area contributed by atoms with Gasteiger partial charge in [-0.1, -0.05) is 24.3 Å². The zero-order valence-corrected chi connectivity index (χ0v) is 20.0. The molecule has 3 aliphatic rings. The lowest BCUT2D eigenvalue weighted by Gasteiger charge is -2.35. The summed E-state index contributed by atoms with van der Waals surface area (Å²) in [7, 11) is 0. The Morgan fingerprint density at radius 1 is 1.11 bits per heavy atom. The Kier molecular flexibility index (Phi) is 6.74. The molecule has 1 atom stereocenters. The second kappa shape index (κ2) is 9.99. The molecular formula is C27H26F4N4O2. The molecule has 0 bridgehead atoms. The smallest absolute Gasteiger partial charge is 0.255 e.